The highest BCUT2D eigenvalue weighted by molar-refractivity contribution is 7.99. The molecule has 0 heterocycles. The van der Waals surface area contributed by atoms with Gasteiger partial charge in [0.05, 0.1) is 12.7 Å². The average Bonchev–Trinajstić information content (AvgIpc) is 2.58. The summed E-state index contributed by atoms with van der Waals surface area (Å²) in [5.41, 5.74) is 0.722. The van der Waals surface area contributed by atoms with Gasteiger partial charge in [-0.2, -0.15) is 0 Å². The SMILES string of the molecule is CO[C@@H](Sc1ccccc1)[C@@H](O)[C@H](C)OCc1ccccc1. The third kappa shape index (κ3) is 5.14. The van der Waals surface area contributed by atoms with Gasteiger partial charge in [-0.25, -0.2) is 0 Å². The largest absolute Gasteiger partial charge is 0.387 e. The van der Waals surface area contributed by atoms with Crippen molar-refractivity contribution in [3.05, 3.63) is 66.2 Å². The Bertz CT molecular complexity index is 533. The third-order valence-corrected chi connectivity index (χ3v) is 4.59. The van der Waals surface area contributed by atoms with Gasteiger partial charge in [0, 0.05) is 12.0 Å². The summed E-state index contributed by atoms with van der Waals surface area (Å²) in [5, 5.41) is 10.4. The van der Waals surface area contributed by atoms with Crippen molar-refractivity contribution in [2.45, 2.75) is 36.1 Å². The number of thioether (sulfide) groups is 1. The molecule has 2 aromatic rings. The molecule has 2 aromatic carbocycles. The Labute approximate surface area is 136 Å². The second kappa shape index (κ2) is 8.96. The molecular formula is C18H22O3S. The van der Waals surface area contributed by atoms with Crippen LogP contribution in [0, 0.1) is 0 Å². The van der Waals surface area contributed by atoms with E-state index in [1.54, 1.807) is 7.11 Å². The van der Waals surface area contributed by atoms with Crippen LogP contribution in [-0.4, -0.2) is 29.9 Å². The first-order chi connectivity index (χ1) is 10.7. The van der Waals surface area contributed by atoms with Gasteiger partial charge in [0.2, 0.25) is 0 Å². The first kappa shape index (κ1) is 17.0. The lowest BCUT2D eigenvalue weighted by atomic mass is 10.2. The van der Waals surface area contributed by atoms with Crippen LogP contribution in [0.5, 0.6) is 0 Å². The Morgan fingerprint density at radius 3 is 2.18 bits per heavy atom. The van der Waals surface area contributed by atoms with E-state index in [9.17, 15) is 5.11 Å². The van der Waals surface area contributed by atoms with Crippen molar-refractivity contribution in [2.24, 2.45) is 0 Å². The highest BCUT2D eigenvalue weighted by Gasteiger charge is 2.26. The van der Waals surface area contributed by atoms with E-state index in [4.69, 9.17) is 9.47 Å². The minimum atomic E-state index is -0.709. The van der Waals surface area contributed by atoms with E-state index < -0.39 is 6.10 Å². The number of ether oxygens (including phenoxy) is 2. The van der Waals surface area contributed by atoms with E-state index in [1.807, 2.05) is 67.6 Å². The minimum absolute atomic E-state index is 0.318. The van der Waals surface area contributed by atoms with Gasteiger partial charge in [0.15, 0.2) is 0 Å². The fraction of sp³-hybridized carbons (Fsp3) is 0.333. The summed E-state index contributed by atoms with van der Waals surface area (Å²) in [6, 6.07) is 19.8. The zero-order valence-electron chi connectivity index (χ0n) is 12.9. The molecule has 0 aliphatic carbocycles. The van der Waals surface area contributed by atoms with E-state index in [0.29, 0.717) is 6.61 Å². The van der Waals surface area contributed by atoms with Gasteiger partial charge >= 0.3 is 0 Å². The Morgan fingerprint density at radius 2 is 1.59 bits per heavy atom. The molecule has 0 saturated carbocycles. The van der Waals surface area contributed by atoms with Gasteiger partial charge in [-0.05, 0) is 24.6 Å². The van der Waals surface area contributed by atoms with E-state index in [1.165, 1.54) is 11.8 Å². The summed E-state index contributed by atoms with van der Waals surface area (Å²) < 4.78 is 11.2. The maximum Gasteiger partial charge on any atom is 0.135 e. The highest BCUT2D eigenvalue weighted by atomic mass is 32.2. The van der Waals surface area contributed by atoms with Crippen LogP contribution in [0.3, 0.4) is 0 Å². The number of aliphatic hydroxyl groups excluding tert-OH is 1. The normalized spacial score (nSPS) is 15.2. The summed E-state index contributed by atoms with van der Waals surface area (Å²) in [7, 11) is 1.60. The molecule has 0 spiro atoms. The Kier molecular flexibility index (Phi) is 6.93. The molecule has 0 amide bonds. The predicted octanol–water partition coefficient (Wildman–Crippen LogP) is 3.72. The summed E-state index contributed by atoms with van der Waals surface area (Å²) in [6.45, 7) is 2.34. The van der Waals surface area contributed by atoms with Crippen molar-refractivity contribution >= 4 is 11.8 Å². The number of hydrogen-bond acceptors (Lipinski definition) is 4. The fourth-order valence-corrected chi connectivity index (χ4v) is 3.05. The second-order valence-electron chi connectivity index (χ2n) is 5.03. The molecule has 0 fully saturated rings. The third-order valence-electron chi connectivity index (χ3n) is 3.34. The average molecular weight is 318 g/mol. The number of benzene rings is 2. The van der Waals surface area contributed by atoms with Gasteiger partial charge in [0.25, 0.3) is 0 Å². The van der Waals surface area contributed by atoms with Gasteiger partial charge in [0.1, 0.15) is 11.5 Å². The Balaban J connectivity index is 1.88. The van der Waals surface area contributed by atoms with Crippen LogP contribution in [0.15, 0.2) is 65.6 Å². The van der Waals surface area contributed by atoms with Gasteiger partial charge in [-0.1, -0.05) is 60.3 Å². The zero-order chi connectivity index (χ0) is 15.8. The standard InChI is InChI=1S/C18H22O3S/c1-14(21-13-15-9-5-3-6-10-15)17(19)18(20-2)22-16-11-7-4-8-12-16/h3-12,14,17-19H,13H2,1-2H3/t14-,17-,18-/m0/s1. The molecule has 1 N–H and O–H groups in total. The first-order valence-corrected chi connectivity index (χ1v) is 8.16. The van der Waals surface area contributed by atoms with Crippen LogP contribution in [0.2, 0.25) is 0 Å². The van der Waals surface area contributed by atoms with Crippen molar-refractivity contribution in [1.82, 2.24) is 0 Å². The van der Waals surface area contributed by atoms with Gasteiger partial charge < -0.3 is 14.6 Å². The molecular weight excluding hydrogens is 296 g/mol. The molecule has 118 valence electrons. The van der Waals surface area contributed by atoms with Crippen LogP contribution >= 0.6 is 11.8 Å². The molecule has 0 aromatic heterocycles. The molecule has 3 atom stereocenters. The summed E-state index contributed by atoms with van der Waals surface area (Å²) in [6.07, 6.45) is -1.03. The van der Waals surface area contributed by atoms with Crippen molar-refractivity contribution in [2.75, 3.05) is 7.11 Å². The lowest BCUT2D eigenvalue weighted by Gasteiger charge is -2.26. The van der Waals surface area contributed by atoms with Gasteiger partial charge in [-0.15, -0.1) is 0 Å². The van der Waals surface area contributed by atoms with Crippen molar-refractivity contribution in [1.29, 1.82) is 0 Å². The van der Waals surface area contributed by atoms with E-state index >= 15 is 0 Å². The molecule has 2 rings (SSSR count). The number of aliphatic hydroxyl groups is 1. The highest BCUT2D eigenvalue weighted by Crippen LogP contribution is 2.27. The zero-order valence-corrected chi connectivity index (χ0v) is 13.7. The first-order valence-electron chi connectivity index (χ1n) is 7.29. The van der Waals surface area contributed by atoms with Crippen LogP contribution in [0.4, 0.5) is 0 Å². The molecule has 0 unspecified atom stereocenters. The topological polar surface area (TPSA) is 38.7 Å². The molecule has 0 aliphatic rings. The number of hydrogen-bond donors (Lipinski definition) is 1. The Morgan fingerprint density at radius 1 is 1.00 bits per heavy atom. The summed E-state index contributed by atoms with van der Waals surface area (Å²) in [5.74, 6) is 0. The molecule has 0 radical (unpaired) electrons. The van der Waals surface area contributed by atoms with Gasteiger partial charge in [-0.3, -0.25) is 0 Å². The number of rotatable bonds is 8. The van der Waals surface area contributed by atoms with Crippen molar-refractivity contribution in [3.63, 3.8) is 0 Å². The fourth-order valence-electron chi connectivity index (χ4n) is 2.01. The maximum atomic E-state index is 10.4. The molecule has 22 heavy (non-hydrogen) atoms. The molecule has 0 aliphatic heterocycles. The maximum absolute atomic E-state index is 10.4. The van der Waals surface area contributed by atoms with Crippen LogP contribution in [-0.2, 0) is 16.1 Å². The summed E-state index contributed by atoms with van der Waals surface area (Å²) >= 11 is 1.49. The Hall–Kier alpha value is -1.33. The van der Waals surface area contributed by atoms with Crippen LogP contribution in [0.25, 0.3) is 0 Å². The minimum Gasteiger partial charge on any atom is -0.387 e. The quantitative estimate of drug-likeness (QED) is 0.595. The summed E-state index contributed by atoms with van der Waals surface area (Å²) in [4.78, 5) is 1.06. The van der Waals surface area contributed by atoms with Crippen molar-refractivity contribution < 1.29 is 14.6 Å². The predicted molar refractivity (Wildman–Crippen MR) is 89.8 cm³/mol. The molecule has 0 bridgehead atoms. The molecule has 3 nitrogen and oxygen atoms in total. The molecule has 0 saturated heterocycles. The van der Waals surface area contributed by atoms with E-state index in [-0.39, 0.29) is 11.5 Å². The smallest absolute Gasteiger partial charge is 0.135 e. The number of methoxy groups -OCH3 is 1. The second-order valence-corrected chi connectivity index (χ2v) is 6.20. The lowest BCUT2D eigenvalue weighted by molar-refractivity contribution is -0.0724. The lowest BCUT2D eigenvalue weighted by Crippen LogP contribution is -2.36. The van der Waals surface area contributed by atoms with Crippen LogP contribution < -0.4 is 0 Å². The van der Waals surface area contributed by atoms with E-state index in [0.717, 1.165) is 10.5 Å². The van der Waals surface area contributed by atoms with E-state index in [2.05, 4.69) is 0 Å². The monoisotopic (exact) mass is 318 g/mol. The molecule has 4 heteroatoms. The van der Waals surface area contributed by atoms with Crippen LogP contribution in [0.1, 0.15) is 12.5 Å². The van der Waals surface area contributed by atoms with Crippen molar-refractivity contribution in [3.8, 4) is 0 Å².